The third-order valence-electron chi connectivity index (χ3n) is 4.84. The molecule has 7 heteroatoms. The summed E-state index contributed by atoms with van der Waals surface area (Å²) in [7, 11) is 1.59. The van der Waals surface area contributed by atoms with Crippen molar-refractivity contribution in [3.8, 4) is 17.2 Å². The van der Waals surface area contributed by atoms with Gasteiger partial charge < -0.3 is 24.3 Å². The second-order valence-corrected chi connectivity index (χ2v) is 6.69. The standard InChI is InChI=1S/C21H21NO6/c1-25-15-4-2-3-13(9-15)12-22-21(24)16-11-19(23)28-20(16)14-5-6-17-18(10-14)27-8-7-26-17/h2-6,9-10,16,20H,7-8,11-12H2,1H3,(H,22,24)/t16-,20-/m1/s1. The van der Waals surface area contributed by atoms with Crippen molar-refractivity contribution in [1.82, 2.24) is 5.32 Å². The minimum atomic E-state index is -0.645. The van der Waals surface area contributed by atoms with Gasteiger partial charge in [0.25, 0.3) is 0 Å². The van der Waals surface area contributed by atoms with Crippen LogP contribution in [0.4, 0.5) is 0 Å². The summed E-state index contributed by atoms with van der Waals surface area (Å²) in [5, 5.41) is 2.89. The van der Waals surface area contributed by atoms with E-state index >= 15 is 0 Å². The van der Waals surface area contributed by atoms with Gasteiger partial charge in [-0.2, -0.15) is 0 Å². The highest BCUT2D eigenvalue weighted by molar-refractivity contribution is 5.87. The van der Waals surface area contributed by atoms with E-state index in [0.29, 0.717) is 31.3 Å². The number of cyclic esters (lactones) is 1. The SMILES string of the molecule is COc1cccc(CNC(=O)[C@@H]2CC(=O)O[C@@H]2c2ccc3c(c2)OCCO3)c1. The van der Waals surface area contributed by atoms with E-state index in [1.165, 1.54) is 0 Å². The van der Waals surface area contributed by atoms with Gasteiger partial charge in [0.05, 0.1) is 19.4 Å². The molecule has 2 aliphatic rings. The van der Waals surface area contributed by atoms with Crippen LogP contribution in [0.2, 0.25) is 0 Å². The lowest BCUT2D eigenvalue weighted by Gasteiger charge is -2.22. The lowest BCUT2D eigenvalue weighted by atomic mass is 9.94. The number of nitrogens with one attached hydrogen (secondary N) is 1. The normalized spacial score (nSPS) is 20.4. The van der Waals surface area contributed by atoms with Gasteiger partial charge in [0, 0.05) is 6.54 Å². The average molecular weight is 383 g/mol. The molecule has 0 bridgehead atoms. The molecule has 2 aromatic carbocycles. The van der Waals surface area contributed by atoms with Crippen molar-refractivity contribution in [2.45, 2.75) is 19.1 Å². The van der Waals surface area contributed by atoms with E-state index in [1.54, 1.807) is 25.3 Å². The highest BCUT2D eigenvalue weighted by Crippen LogP contribution is 2.40. The highest BCUT2D eigenvalue weighted by atomic mass is 16.6. The fraction of sp³-hybridized carbons (Fsp3) is 0.333. The Labute approximate surface area is 162 Å². The maximum Gasteiger partial charge on any atom is 0.307 e. The second-order valence-electron chi connectivity index (χ2n) is 6.69. The smallest absolute Gasteiger partial charge is 0.307 e. The van der Waals surface area contributed by atoms with Crippen LogP contribution in [0, 0.1) is 5.92 Å². The average Bonchev–Trinajstić information content (AvgIpc) is 3.13. The van der Waals surface area contributed by atoms with E-state index in [4.69, 9.17) is 18.9 Å². The van der Waals surface area contributed by atoms with E-state index < -0.39 is 12.0 Å². The van der Waals surface area contributed by atoms with Crippen molar-refractivity contribution in [1.29, 1.82) is 0 Å². The number of esters is 1. The number of carbonyl (C=O) groups is 2. The van der Waals surface area contributed by atoms with Crippen LogP contribution < -0.4 is 19.5 Å². The molecule has 2 aliphatic heterocycles. The molecule has 1 amide bonds. The van der Waals surface area contributed by atoms with Crippen molar-refractivity contribution < 1.29 is 28.5 Å². The molecular weight excluding hydrogens is 362 g/mol. The fourth-order valence-corrected chi connectivity index (χ4v) is 3.43. The lowest BCUT2D eigenvalue weighted by molar-refractivity contribution is -0.141. The molecule has 7 nitrogen and oxygen atoms in total. The molecule has 1 saturated heterocycles. The summed E-state index contributed by atoms with van der Waals surface area (Å²) in [5.74, 6) is 0.761. The zero-order valence-corrected chi connectivity index (χ0v) is 15.5. The third-order valence-corrected chi connectivity index (χ3v) is 4.84. The van der Waals surface area contributed by atoms with Gasteiger partial charge in [-0.15, -0.1) is 0 Å². The first-order valence-electron chi connectivity index (χ1n) is 9.14. The van der Waals surface area contributed by atoms with E-state index in [0.717, 1.165) is 16.9 Å². The molecule has 2 aromatic rings. The number of carbonyl (C=O) groups excluding carboxylic acids is 2. The first-order valence-corrected chi connectivity index (χ1v) is 9.14. The molecule has 28 heavy (non-hydrogen) atoms. The van der Waals surface area contributed by atoms with Gasteiger partial charge in [0.2, 0.25) is 5.91 Å². The first kappa shape index (κ1) is 18.2. The summed E-state index contributed by atoms with van der Waals surface area (Å²) in [4.78, 5) is 24.7. The summed E-state index contributed by atoms with van der Waals surface area (Å²) < 4.78 is 21.8. The van der Waals surface area contributed by atoms with Crippen LogP contribution in [0.15, 0.2) is 42.5 Å². The summed E-state index contributed by atoms with van der Waals surface area (Å²) >= 11 is 0. The largest absolute Gasteiger partial charge is 0.497 e. The van der Waals surface area contributed by atoms with Crippen LogP contribution >= 0.6 is 0 Å². The molecule has 0 aromatic heterocycles. The molecule has 0 saturated carbocycles. The molecule has 146 valence electrons. The minimum absolute atomic E-state index is 0.0447. The van der Waals surface area contributed by atoms with Crippen LogP contribution in [0.1, 0.15) is 23.7 Å². The Balaban J connectivity index is 1.47. The molecule has 0 aliphatic carbocycles. The zero-order valence-electron chi connectivity index (χ0n) is 15.5. The van der Waals surface area contributed by atoms with E-state index in [1.807, 2.05) is 24.3 Å². The minimum Gasteiger partial charge on any atom is -0.497 e. The Morgan fingerprint density at radius 3 is 2.79 bits per heavy atom. The predicted octanol–water partition coefficient (Wildman–Crippen LogP) is 2.39. The second kappa shape index (κ2) is 7.80. The van der Waals surface area contributed by atoms with Crippen molar-refractivity contribution in [3.63, 3.8) is 0 Å². The topological polar surface area (TPSA) is 83.1 Å². The predicted molar refractivity (Wildman–Crippen MR) is 99.2 cm³/mol. The number of fused-ring (bicyclic) bond motifs is 1. The van der Waals surface area contributed by atoms with Crippen molar-refractivity contribution >= 4 is 11.9 Å². The molecule has 2 atom stereocenters. The van der Waals surface area contributed by atoms with Crippen molar-refractivity contribution in [2.24, 2.45) is 5.92 Å². The lowest BCUT2D eigenvalue weighted by Crippen LogP contribution is -2.32. The molecule has 1 fully saturated rings. The Morgan fingerprint density at radius 1 is 1.14 bits per heavy atom. The summed E-state index contributed by atoms with van der Waals surface area (Å²) in [6, 6.07) is 12.8. The number of benzene rings is 2. The third kappa shape index (κ3) is 3.74. The van der Waals surface area contributed by atoms with Crippen LogP contribution in [-0.4, -0.2) is 32.2 Å². The maximum atomic E-state index is 12.8. The number of rotatable bonds is 5. The summed E-state index contributed by atoms with van der Waals surface area (Å²) in [5.41, 5.74) is 1.63. The fourth-order valence-electron chi connectivity index (χ4n) is 3.43. The Morgan fingerprint density at radius 2 is 1.96 bits per heavy atom. The van der Waals surface area contributed by atoms with Crippen LogP contribution in [0.3, 0.4) is 0 Å². The number of hydrogen-bond acceptors (Lipinski definition) is 6. The molecule has 0 radical (unpaired) electrons. The van der Waals surface area contributed by atoms with Gasteiger partial charge in [-0.05, 0) is 35.4 Å². The van der Waals surface area contributed by atoms with Gasteiger partial charge in [0.15, 0.2) is 11.5 Å². The molecule has 0 spiro atoms. The van der Waals surface area contributed by atoms with Crippen molar-refractivity contribution in [2.75, 3.05) is 20.3 Å². The van der Waals surface area contributed by atoms with Crippen LogP contribution in [0.25, 0.3) is 0 Å². The number of amides is 1. The first-order chi connectivity index (χ1) is 13.6. The Bertz CT molecular complexity index is 896. The van der Waals surface area contributed by atoms with Crippen LogP contribution in [0.5, 0.6) is 17.2 Å². The molecule has 1 N–H and O–H groups in total. The highest BCUT2D eigenvalue weighted by Gasteiger charge is 2.41. The zero-order chi connectivity index (χ0) is 19.5. The van der Waals surface area contributed by atoms with E-state index in [2.05, 4.69) is 5.32 Å². The van der Waals surface area contributed by atoms with Gasteiger partial charge in [-0.3, -0.25) is 9.59 Å². The number of hydrogen-bond donors (Lipinski definition) is 1. The van der Waals surface area contributed by atoms with Gasteiger partial charge in [0.1, 0.15) is 25.1 Å². The summed E-state index contributed by atoms with van der Waals surface area (Å²) in [6.45, 7) is 1.31. The quantitative estimate of drug-likeness (QED) is 0.799. The number of methoxy groups -OCH3 is 1. The molecule has 0 unspecified atom stereocenters. The van der Waals surface area contributed by atoms with Gasteiger partial charge >= 0.3 is 5.97 Å². The summed E-state index contributed by atoms with van der Waals surface area (Å²) in [6.07, 6.45) is -0.600. The molecular formula is C21H21NO6. The molecule has 2 heterocycles. The van der Waals surface area contributed by atoms with Gasteiger partial charge in [-0.1, -0.05) is 18.2 Å². The van der Waals surface area contributed by atoms with E-state index in [9.17, 15) is 9.59 Å². The maximum absolute atomic E-state index is 12.8. The Kier molecular flexibility index (Phi) is 5.06. The van der Waals surface area contributed by atoms with Crippen molar-refractivity contribution in [3.05, 3.63) is 53.6 Å². The Hall–Kier alpha value is -3.22. The number of ether oxygens (including phenoxy) is 4. The van der Waals surface area contributed by atoms with Crippen LogP contribution in [-0.2, 0) is 20.9 Å². The monoisotopic (exact) mass is 383 g/mol. The molecule has 4 rings (SSSR count). The van der Waals surface area contributed by atoms with E-state index in [-0.39, 0.29) is 18.3 Å². The van der Waals surface area contributed by atoms with Gasteiger partial charge in [-0.25, -0.2) is 0 Å².